The van der Waals surface area contributed by atoms with Gasteiger partial charge in [0.05, 0.1) is 39.2 Å². The highest BCUT2D eigenvalue weighted by Gasteiger charge is 2.49. The van der Waals surface area contributed by atoms with E-state index in [4.69, 9.17) is 35.9 Å². The van der Waals surface area contributed by atoms with Gasteiger partial charge >= 0.3 is 6.09 Å². The van der Waals surface area contributed by atoms with E-state index in [-0.39, 0.29) is 24.9 Å². The molecule has 4 atom stereocenters. The molecule has 9 nitrogen and oxygen atoms in total. The first-order valence-electron chi connectivity index (χ1n) is 11.5. The first kappa shape index (κ1) is 24.1. The Morgan fingerprint density at radius 3 is 2.42 bits per heavy atom. The molecule has 36 heavy (non-hydrogen) atoms. The molecule has 5 rings (SSSR count). The predicted molar refractivity (Wildman–Crippen MR) is 140 cm³/mol. The molecule has 0 spiro atoms. The lowest BCUT2D eigenvalue weighted by atomic mass is 10.1. The number of thiocarbonyl (C=S) groups is 1. The summed E-state index contributed by atoms with van der Waals surface area (Å²) >= 11 is 5.49. The highest BCUT2D eigenvalue weighted by molar-refractivity contribution is 7.80. The molecule has 0 saturated carbocycles. The van der Waals surface area contributed by atoms with Gasteiger partial charge in [-0.2, -0.15) is 0 Å². The largest absolute Gasteiger partial charge is 0.497 e. The van der Waals surface area contributed by atoms with Gasteiger partial charge in [0.25, 0.3) is 0 Å². The van der Waals surface area contributed by atoms with Crippen molar-refractivity contribution in [1.29, 1.82) is 0 Å². The van der Waals surface area contributed by atoms with Crippen molar-refractivity contribution in [2.24, 2.45) is 0 Å². The third-order valence-corrected chi connectivity index (χ3v) is 6.44. The fraction of sp³-hybridized carbons (Fsp3) is 0.308. The van der Waals surface area contributed by atoms with Gasteiger partial charge in [-0.3, -0.25) is 5.32 Å². The average molecular weight is 510 g/mol. The molecule has 0 unspecified atom stereocenters. The van der Waals surface area contributed by atoms with Gasteiger partial charge in [-0.05, 0) is 23.7 Å². The molecule has 0 radical (unpaired) electrons. The van der Waals surface area contributed by atoms with Crippen molar-refractivity contribution >= 4 is 45.6 Å². The van der Waals surface area contributed by atoms with E-state index in [9.17, 15) is 4.79 Å². The van der Waals surface area contributed by atoms with Gasteiger partial charge in [-0.15, -0.1) is 0 Å². The van der Waals surface area contributed by atoms with Crippen molar-refractivity contribution in [1.82, 2.24) is 5.32 Å². The molecule has 2 heterocycles. The SMILES string of the molecule is COc1cc(NC(=S)N[C@@H]2CO[C@@H]3[C@@H]2OC[C@H]3OC(=O)Nc2cccc3ccccc23)cc(OC)c1. The van der Waals surface area contributed by atoms with Crippen LogP contribution in [0.1, 0.15) is 0 Å². The predicted octanol–water partition coefficient (Wildman–Crippen LogP) is 3.93. The Hall–Kier alpha value is -3.60. The average Bonchev–Trinajstić information content (AvgIpc) is 3.47. The van der Waals surface area contributed by atoms with Crippen LogP contribution in [0.3, 0.4) is 0 Å². The first-order valence-corrected chi connectivity index (χ1v) is 11.9. The van der Waals surface area contributed by atoms with E-state index in [0.29, 0.717) is 28.9 Å². The Bertz CT molecular complexity index is 1240. The van der Waals surface area contributed by atoms with E-state index in [1.165, 1.54) is 0 Å². The van der Waals surface area contributed by atoms with Crippen molar-refractivity contribution in [3.8, 4) is 11.5 Å². The summed E-state index contributed by atoms with van der Waals surface area (Å²) in [5.41, 5.74) is 1.41. The first-order chi connectivity index (χ1) is 17.5. The molecular weight excluding hydrogens is 482 g/mol. The summed E-state index contributed by atoms with van der Waals surface area (Å²) in [5.74, 6) is 1.29. The second-order valence-electron chi connectivity index (χ2n) is 8.50. The highest BCUT2D eigenvalue weighted by Crippen LogP contribution is 2.30. The molecule has 0 bridgehead atoms. The Balaban J connectivity index is 1.16. The monoisotopic (exact) mass is 509 g/mol. The van der Waals surface area contributed by atoms with E-state index in [1.807, 2.05) is 54.6 Å². The molecule has 2 aliphatic rings. The molecule has 188 valence electrons. The van der Waals surface area contributed by atoms with Crippen LogP contribution in [0, 0.1) is 0 Å². The second-order valence-corrected chi connectivity index (χ2v) is 8.91. The summed E-state index contributed by atoms with van der Waals surface area (Å²) in [6.45, 7) is 0.604. The summed E-state index contributed by atoms with van der Waals surface area (Å²) in [4.78, 5) is 12.7. The number of ether oxygens (including phenoxy) is 5. The summed E-state index contributed by atoms with van der Waals surface area (Å²) in [7, 11) is 3.17. The zero-order valence-electron chi connectivity index (χ0n) is 19.9. The summed E-state index contributed by atoms with van der Waals surface area (Å²) in [5, 5.41) is 11.6. The van der Waals surface area contributed by atoms with Crippen LogP contribution in [0.15, 0.2) is 60.7 Å². The minimum Gasteiger partial charge on any atom is -0.497 e. The van der Waals surface area contributed by atoms with E-state index >= 15 is 0 Å². The van der Waals surface area contributed by atoms with Crippen LogP contribution in [-0.4, -0.2) is 63.0 Å². The number of fused-ring (bicyclic) bond motifs is 2. The lowest BCUT2D eigenvalue weighted by Gasteiger charge is -2.20. The van der Waals surface area contributed by atoms with Crippen LogP contribution < -0.4 is 25.4 Å². The quantitative estimate of drug-likeness (QED) is 0.427. The van der Waals surface area contributed by atoms with Crippen LogP contribution in [0.4, 0.5) is 16.2 Å². The number of nitrogens with one attached hydrogen (secondary N) is 3. The zero-order valence-corrected chi connectivity index (χ0v) is 20.7. The Morgan fingerprint density at radius 2 is 1.64 bits per heavy atom. The van der Waals surface area contributed by atoms with E-state index in [2.05, 4.69) is 16.0 Å². The Kier molecular flexibility index (Phi) is 7.08. The van der Waals surface area contributed by atoms with Crippen LogP contribution in [0.5, 0.6) is 11.5 Å². The third kappa shape index (κ3) is 5.15. The maximum absolute atomic E-state index is 12.7. The Morgan fingerprint density at radius 1 is 0.917 bits per heavy atom. The van der Waals surface area contributed by atoms with Gasteiger partial charge in [0.2, 0.25) is 0 Å². The molecule has 10 heteroatoms. The molecule has 0 aromatic heterocycles. The summed E-state index contributed by atoms with van der Waals surface area (Å²) in [6.07, 6.45) is -1.77. The fourth-order valence-electron chi connectivity index (χ4n) is 4.52. The number of amides is 1. The second kappa shape index (κ2) is 10.6. The van der Waals surface area contributed by atoms with Crippen molar-refractivity contribution < 1.29 is 28.5 Å². The standard InChI is InChI=1S/C26H27N3O6S/c1-31-17-10-16(11-18(12-17)32-2)27-25(36)28-21-13-33-24-22(14-34-23(21)24)35-26(30)29-20-9-5-7-15-6-3-4-8-19(15)20/h3-12,21-24H,13-14H2,1-2H3,(H,29,30)(H2,27,28,36)/t21-,22-,23-,24+/m1/s1. The summed E-state index contributed by atoms with van der Waals surface area (Å²) in [6, 6.07) is 18.8. The lowest BCUT2D eigenvalue weighted by molar-refractivity contribution is 0.00881. The van der Waals surface area contributed by atoms with Crippen molar-refractivity contribution in [3.63, 3.8) is 0 Å². The van der Waals surface area contributed by atoms with E-state index in [1.54, 1.807) is 20.3 Å². The molecule has 3 aromatic rings. The zero-order chi connectivity index (χ0) is 25.1. The number of hydrogen-bond donors (Lipinski definition) is 3. The maximum atomic E-state index is 12.7. The molecule has 2 fully saturated rings. The van der Waals surface area contributed by atoms with Gasteiger partial charge in [-0.1, -0.05) is 36.4 Å². The molecule has 0 aliphatic carbocycles. The molecule has 3 N–H and O–H groups in total. The van der Waals surface area contributed by atoms with Crippen LogP contribution in [0.25, 0.3) is 10.8 Å². The smallest absolute Gasteiger partial charge is 0.412 e. The van der Waals surface area contributed by atoms with Crippen molar-refractivity contribution in [3.05, 3.63) is 60.7 Å². The third-order valence-electron chi connectivity index (χ3n) is 6.22. The fourth-order valence-corrected chi connectivity index (χ4v) is 4.78. The topological polar surface area (TPSA) is 99.3 Å². The number of rotatable bonds is 6. The minimum atomic E-state index is -0.551. The van der Waals surface area contributed by atoms with E-state index in [0.717, 1.165) is 16.5 Å². The number of carbonyl (C=O) groups is 1. The van der Waals surface area contributed by atoms with Crippen LogP contribution >= 0.6 is 12.2 Å². The Labute approximate surface area is 214 Å². The molecule has 3 aromatic carbocycles. The van der Waals surface area contributed by atoms with Gasteiger partial charge in [0, 0.05) is 29.3 Å². The molecule has 1 amide bonds. The van der Waals surface area contributed by atoms with Crippen molar-refractivity contribution in [2.45, 2.75) is 24.4 Å². The number of methoxy groups -OCH3 is 2. The lowest BCUT2D eigenvalue weighted by Crippen LogP contribution is -2.46. The van der Waals surface area contributed by atoms with Crippen LogP contribution in [-0.2, 0) is 14.2 Å². The highest BCUT2D eigenvalue weighted by atomic mass is 32.1. The normalized spacial score (nSPS) is 22.5. The van der Waals surface area contributed by atoms with Gasteiger partial charge in [0.15, 0.2) is 11.2 Å². The molecule has 2 saturated heterocycles. The van der Waals surface area contributed by atoms with E-state index < -0.39 is 12.2 Å². The number of hydrogen-bond acceptors (Lipinski definition) is 7. The molecular formula is C26H27N3O6S. The van der Waals surface area contributed by atoms with Gasteiger partial charge in [-0.25, -0.2) is 4.79 Å². The molecule has 2 aliphatic heterocycles. The number of carbonyl (C=O) groups excluding carboxylic acids is 1. The van der Waals surface area contributed by atoms with Crippen molar-refractivity contribution in [2.75, 3.05) is 38.1 Å². The van der Waals surface area contributed by atoms with Crippen LogP contribution in [0.2, 0.25) is 0 Å². The maximum Gasteiger partial charge on any atom is 0.412 e. The number of anilines is 2. The minimum absolute atomic E-state index is 0.197. The summed E-state index contributed by atoms with van der Waals surface area (Å²) < 4.78 is 28.1. The number of benzene rings is 3. The van der Waals surface area contributed by atoms with Gasteiger partial charge in [0.1, 0.15) is 23.7 Å². The van der Waals surface area contributed by atoms with Gasteiger partial charge < -0.3 is 34.3 Å².